The Balaban J connectivity index is 1.22. The first-order chi connectivity index (χ1) is 19.7. The largest absolute Gasteiger partial charge is 0.496 e. The van der Waals surface area contributed by atoms with Crippen molar-refractivity contribution in [2.24, 2.45) is 0 Å². The SMILES string of the molecule is COC(=O)[C@@H]1OC(=O)N(C(=O)NC2CCN(C3CCC(c4ccc(F)cc4OC)CC3)C2)C1c1ccc(F)c(F)c1. The first-order valence-corrected chi connectivity index (χ1v) is 13.6. The van der Waals surface area contributed by atoms with E-state index in [4.69, 9.17) is 14.2 Å². The van der Waals surface area contributed by atoms with Gasteiger partial charge in [0.2, 0.25) is 6.10 Å². The molecule has 3 amide bonds. The summed E-state index contributed by atoms with van der Waals surface area (Å²) >= 11 is 0. The highest BCUT2D eigenvalue weighted by atomic mass is 19.2. The number of halogens is 3. The molecule has 1 saturated carbocycles. The van der Waals surface area contributed by atoms with Crippen LogP contribution in [0.15, 0.2) is 36.4 Å². The smallest absolute Gasteiger partial charge is 0.419 e. The fourth-order valence-electron chi connectivity index (χ4n) is 6.26. The standard InChI is InChI=1S/C29H32F3N3O6/c1-39-24-14-18(30)6-9-21(24)16-3-7-20(8-4-16)34-12-11-19(15-34)33-28(37)35-25(17-5-10-22(31)23(32)13-17)26(27(36)40-2)41-29(35)38/h5-6,9-10,13-14,16,19-20,25-26H,3-4,7-8,11-12,15H2,1-2H3,(H,33,37)/t16?,19?,20?,25?,26-/m1/s1. The molecule has 1 aliphatic carbocycles. The third kappa shape index (κ3) is 5.83. The summed E-state index contributed by atoms with van der Waals surface area (Å²) in [5, 5.41) is 2.85. The number of likely N-dealkylation sites (tertiary alicyclic amines) is 1. The van der Waals surface area contributed by atoms with Gasteiger partial charge < -0.3 is 19.5 Å². The normalized spacial score (nSPS) is 26.5. The molecule has 220 valence electrons. The molecule has 0 spiro atoms. The van der Waals surface area contributed by atoms with Crippen molar-refractivity contribution >= 4 is 18.1 Å². The van der Waals surface area contributed by atoms with Gasteiger partial charge in [0.05, 0.1) is 14.2 Å². The number of urea groups is 1. The van der Waals surface area contributed by atoms with Crippen LogP contribution in [0.1, 0.15) is 55.2 Å². The minimum absolute atomic E-state index is 0.0166. The Morgan fingerprint density at radius 2 is 1.73 bits per heavy atom. The number of amides is 3. The van der Waals surface area contributed by atoms with E-state index in [0.717, 1.165) is 61.9 Å². The lowest BCUT2D eigenvalue weighted by atomic mass is 9.81. The van der Waals surface area contributed by atoms with Crippen LogP contribution in [0, 0.1) is 17.5 Å². The molecule has 12 heteroatoms. The van der Waals surface area contributed by atoms with Gasteiger partial charge in [-0.25, -0.2) is 32.5 Å². The predicted octanol–water partition coefficient (Wildman–Crippen LogP) is 4.66. The first-order valence-electron chi connectivity index (χ1n) is 13.6. The van der Waals surface area contributed by atoms with E-state index in [9.17, 15) is 27.6 Å². The minimum atomic E-state index is -1.53. The molecule has 41 heavy (non-hydrogen) atoms. The lowest BCUT2D eigenvalue weighted by Gasteiger charge is -2.35. The molecule has 3 aliphatic rings. The molecule has 1 N–H and O–H groups in total. The average Bonchev–Trinajstić information content (AvgIpc) is 3.58. The summed E-state index contributed by atoms with van der Waals surface area (Å²) in [6.45, 7) is 1.32. The third-order valence-corrected chi connectivity index (χ3v) is 8.32. The van der Waals surface area contributed by atoms with Crippen LogP contribution in [0.3, 0.4) is 0 Å². The van der Waals surface area contributed by atoms with Gasteiger partial charge in [0.15, 0.2) is 11.6 Å². The van der Waals surface area contributed by atoms with E-state index >= 15 is 0 Å². The Hall–Kier alpha value is -3.80. The van der Waals surface area contributed by atoms with E-state index < -0.39 is 41.9 Å². The number of rotatable bonds is 6. The number of esters is 1. The molecule has 9 nitrogen and oxygen atoms in total. The number of nitrogens with zero attached hydrogens (tertiary/aromatic N) is 2. The molecule has 2 aromatic rings. The van der Waals surface area contributed by atoms with Gasteiger partial charge in [-0.3, -0.25) is 4.90 Å². The van der Waals surface area contributed by atoms with Gasteiger partial charge in [-0.2, -0.15) is 0 Å². The highest BCUT2D eigenvalue weighted by molar-refractivity contribution is 5.96. The number of cyclic esters (lactones) is 1. The van der Waals surface area contributed by atoms with Crippen LogP contribution in [-0.4, -0.2) is 73.4 Å². The average molecular weight is 576 g/mol. The van der Waals surface area contributed by atoms with Crippen molar-refractivity contribution in [2.45, 2.75) is 62.3 Å². The van der Waals surface area contributed by atoms with E-state index in [1.54, 1.807) is 13.2 Å². The second-order valence-electron chi connectivity index (χ2n) is 10.6. The Kier molecular flexibility index (Phi) is 8.39. The molecule has 5 rings (SSSR count). The Morgan fingerprint density at radius 1 is 0.976 bits per heavy atom. The van der Waals surface area contributed by atoms with Crippen molar-refractivity contribution in [3.8, 4) is 5.75 Å². The van der Waals surface area contributed by atoms with Gasteiger partial charge >= 0.3 is 18.1 Å². The van der Waals surface area contributed by atoms with Crippen LogP contribution < -0.4 is 10.1 Å². The fourth-order valence-corrected chi connectivity index (χ4v) is 6.26. The van der Waals surface area contributed by atoms with Crippen LogP contribution in [0.4, 0.5) is 22.8 Å². The zero-order valence-electron chi connectivity index (χ0n) is 22.8. The van der Waals surface area contributed by atoms with E-state index in [1.807, 2.05) is 0 Å². The maximum atomic E-state index is 14.0. The van der Waals surface area contributed by atoms with Crippen LogP contribution in [0.25, 0.3) is 0 Å². The number of benzene rings is 2. The van der Waals surface area contributed by atoms with Crippen molar-refractivity contribution < 1.29 is 41.8 Å². The Bertz CT molecular complexity index is 1320. The molecule has 2 unspecified atom stereocenters. The minimum Gasteiger partial charge on any atom is -0.496 e. The molecule has 0 radical (unpaired) electrons. The monoisotopic (exact) mass is 575 g/mol. The highest BCUT2D eigenvalue weighted by Gasteiger charge is 2.51. The number of carbonyl (C=O) groups is 3. The van der Waals surface area contributed by atoms with Gasteiger partial charge in [-0.05, 0) is 67.3 Å². The number of imide groups is 1. The zero-order valence-corrected chi connectivity index (χ0v) is 22.8. The lowest BCUT2D eigenvalue weighted by molar-refractivity contribution is -0.150. The van der Waals surface area contributed by atoms with Crippen molar-refractivity contribution in [1.82, 2.24) is 15.1 Å². The third-order valence-electron chi connectivity index (χ3n) is 8.32. The van der Waals surface area contributed by atoms with Crippen molar-refractivity contribution in [3.05, 3.63) is 65.0 Å². The fraction of sp³-hybridized carbons (Fsp3) is 0.483. The summed E-state index contributed by atoms with van der Waals surface area (Å²) in [4.78, 5) is 41.4. The van der Waals surface area contributed by atoms with Crippen LogP contribution in [-0.2, 0) is 14.3 Å². The number of ether oxygens (including phenoxy) is 3. The van der Waals surface area contributed by atoms with Gasteiger partial charge in [-0.1, -0.05) is 12.1 Å². The number of nitrogens with one attached hydrogen (secondary N) is 1. The van der Waals surface area contributed by atoms with E-state index in [1.165, 1.54) is 18.2 Å². The van der Waals surface area contributed by atoms with E-state index in [-0.39, 0.29) is 23.3 Å². The van der Waals surface area contributed by atoms with Crippen molar-refractivity contribution in [1.29, 1.82) is 0 Å². The molecule has 3 fully saturated rings. The van der Waals surface area contributed by atoms with Gasteiger partial charge in [0.25, 0.3) is 0 Å². The summed E-state index contributed by atoms with van der Waals surface area (Å²) in [6.07, 6.45) is 1.74. The molecule has 0 bridgehead atoms. The Labute approximate surface area is 235 Å². The van der Waals surface area contributed by atoms with Crippen LogP contribution in [0.2, 0.25) is 0 Å². The lowest BCUT2D eigenvalue weighted by Crippen LogP contribution is -2.48. The Morgan fingerprint density at radius 3 is 2.41 bits per heavy atom. The summed E-state index contributed by atoms with van der Waals surface area (Å²) in [7, 11) is 2.64. The van der Waals surface area contributed by atoms with Gasteiger partial charge in [-0.15, -0.1) is 0 Å². The maximum Gasteiger partial charge on any atom is 0.419 e. The number of carbonyl (C=O) groups excluding carboxylic acids is 3. The highest BCUT2D eigenvalue weighted by Crippen LogP contribution is 2.40. The molecule has 3 atom stereocenters. The molecule has 2 saturated heterocycles. The topological polar surface area (TPSA) is 97.4 Å². The summed E-state index contributed by atoms with van der Waals surface area (Å²) in [5.41, 5.74) is 1.03. The molecular formula is C29H32F3N3O6. The quantitative estimate of drug-likeness (QED) is 0.501. The molecular weight excluding hydrogens is 543 g/mol. The summed E-state index contributed by atoms with van der Waals surface area (Å²) < 4.78 is 56.5. The molecule has 2 aromatic carbocycles. The molecule has 2 heterocycles. The van der Waals surface area contributed by atoms with Gasteiger partial charge in [0, 0.05) is 31.2 Å². The second kappa shape index (κ2) is 12.0. The van der Waals surface area contributed by atoms with Crippen LogP contribution >= 0.6 is 0 Å². The van der Waals surface area contributed by atoms with Crippen molar-refractivity contribution in [2.75, 3.05) is 27.3 Å². The van der Waals surface area contributed by atoms with Gasteiger partial charge in [0.1, 0.15) is 17.6 Å². The number of hydrogen-bond donors (Lipinski definition) is 1. The predicted molar refractivity (Wildman–Crippen MR) is 140 cm³/mol. The first kappa shape index (κ1) is 28.7. The van der Waals surface area contributed by atoms with Crippen molar-refractivity contribution in [3.63, 3.8) is 0 Å². The summed E-state index contributed by atoms with van der Waals surface area (Å²) in [6, 6.07) is 5.45. The number of hydrogen-bond acceptors (Lipinski definition) is 7. The zero-order chi connectivity index (χ0) is 29.3. The molecule has 2 aliphatic heterocycles. The van der Waals surface area contributed by atoms with E-state index in [2.05, 4.69) is 10.2 Å². The van der Waals surface area contributed by atoms with E-state index in [0.29, 0.717) is 24.8 Å². The second-order valence-corrected chi connectivity index (χ2v) is 10.6. The van der Waals surface area contributed by atoms with Crippen LogP contribution in [0.5, 0.6) is 5.75 Å². The molecule has 0 aromatic heterocycles. The summed E-state index contributed by atoms with van der Waals surface area (Å²) in [5.74, 6) is -2.72. The number of methoxy groups -OCH3 is 2. The maximum absolute atomic E-state index is 14.0.